The third-order valence-electron chi connectivity index (χ3n) is 9.44. The summed E-state index contributed by atoms with van der Waals surface area (Å²) in [7, 11) is 7.93. The maximum Gasteiger partial charge on any atom is 0.258 e. The molecule has 2 aromatic carbocycles. The second-order valence-electron chi connectivity index (χ2n) is 13.1. The second kappa shape index (κ2) is 15.1. The van der Waals surface area contributed by atoms with E-state index in [2.05, 4.69) is 53.3 Å². The summed E-state index contributed by atoms with van der Waals surface area (Å²) < 4.78 is 5.23. The van der Waals surface area contributed by atoms with Gasteiger partial charge in [-0.3, -0.25) is 19.4 Å². The molecule has 6 rings (SSSR count). The molecular weight excluding hydrogens is 598 g/mol. The third-order valence-corrected chi connectivity index (χ3v) is 10.3. The maximum atomic E-state index is 13.3. The van der Waals surface area contributed by atoms with Crippen LogP contribution >= 0.6 is 11.3 Å². The van der Waals surface area contributed by atoms with Crippen molar-refractivity contribution in [3.8, 4) is 5.75 Å². The first-order valence-corrected chi connectivity index (χ1v) is 17.2. The number of carbonyl (C=O) groups is 2. The molecule has 1 unspecified atom stereocenters. The number of amides is 2. The lowest BCUT2D eigenvalue weighted by Gasteiger charge is -2.40. The molecule has 2 amide bonds. The lowest BCUT2D eigenvalue weighted by Crippen LogP contribution is -2.48. The topological polar surface area (TPSA) is 88.6 Å². The number of rotatable bonds is 7. The van der Waals surface area contributed by atoms with E-state index in [1.807, 2.05) is 48.7 Å². The number of para-hydroxylation sites is 2. The van der Waals surface area contributed by atoms with Gasteiger partial charge in [0.25, 0.3) is 5.91 Å². The summed E-state index contributed by atoms with van der Waals surface area (Å²) in [5, 5.41) is 15.9. The molecule has 1 saturated carbocycles. The Morgan fingerprint density at radius 1 is 1.04 bits per heavy atom. The average Bonchev–Trinajstić information content (AvgIpc) is 3.37. The minimum atomic E-state index is -0.558. The predicted molar refractivity (Wildman–Crippen MR) is 187 cm³/mol. The summed E-state index contributed by atoms with van der Waals surface area (Å²) in [5.41, 5.74) is 3.35. The lowest BCUT2D eigenvalue weighted by molar-refractivity contribution is -0.119. The fourth-order valence-corrected chi connectivity index (χ4v) is 7.62. The fraction of sp³-hybridized carbons (Fsp3) is 0.500. The number of piperazine rings is 1. The van der Waals surface area contributed by atoms with Gasteiger partial charge in [0.15, 0.2) is 0 Å². The number of aliphatic hydroxyl groups is 1. The van der Waals surface area contributed by atoms with E-state index in [1.54, 1.807) is 12.0 Å². The quantitative estimate of drug-likeness (QED) is 0.347. The van der Waals surface area contributed by atoms with Crippen molar-refractivity contribution in [3.05, 3.63) is 69.9 Å². The normalized spacial score (nSPS) is 18.8. The number of nitrogens with one attached hydrogen (secondary N) is 1. The Labute approximate surface area is 277 Å². The molecule has 0 bridgehead atoms. The Hall–Kier alpha value is -3.28. The number of ether oxygens (including phenoxy) is 1. The van der Waals surface area contributed by atoms with Crippen LogP contribution in [0.4, 0.5) is 17.1 Å². The molecule has 3 aliphatic rings. The van der Waals surface area contributed by atoms with Crippen LogP contribution in [0.15, 0.2) is 53.9 Å². The van der Waals surface area contributed by atoms with Crippen molar-refractivity contribution >= 4 is 40.2 Å². The Morgan fingerprint density at radius 2 is 1.72 bits per heavy atom. The van der Waals surface area contributed by atoms with E-state index in [0.717, 1.165) is 80.4 Å². The van der Waals surface area contributed by atoms with Gasteiger partial charge in [0.05, 0.1) is 41.9 Å². The minimum absolute atomic E-state index is 0.00116. The van der Waals surface area contributed by atoms with Gasteiger partial charge in [-0.05, 0) is 70.7 Å². The monoisotopic (exact) mass is 647 g/mol. The Balaban J connectivity index is 0.000000188. The van der Waals surface area contributed by atoms with Gasteiger partial charge < -0.3 is 25.0 Å². The number of fused-ring (bicyclic) bond motifs is 2. The number of hydrogen-bond acceptors (Lipinski definition) is 8. The fourth-order valence-electron chi connectivity index (χ4n) is 6.80. The first-order chi connectivity index (χ1) is 22.1. The van der Waals surface area contributed by atoms with Crippen LogP contribution in [0.25, 0.3) is 0 Å². The molecule has 1 atom stereocenters. The van der Waals surface area contributed by atoms with Crippen LogP contribution in [-0.2, 0) is 4.79 Å². The number of nitrogens with zero attached hydrogens (tertiary/aromatic N) is 4. The number of aryl methyl sites for hydroxylation is 1. The summed E-state index contributed by atoms with van der Waals surface area (Å²) in [5.74, 6) is 0.879. The van der Waals surface area contributed by atoms with Gasteiger partial charge in [-0.2, -0.15) is 0 Å². The van der Waals surface area contributed by atoms with E-state index < -0.39 is 5.60 Å². The summed E-state index contributed by atoms with van der Waals surface area (Å²) >= 11 is 1.50. The van der Waals surface area contributed by atoms with Crippen LogP contribution in [0.2, 0.25) is 0 Å². The van der Waals surface area contributed by atoms with Crippen molar-refractivity contribution in [2.45, 2.75) is 50.5 Å². The first-order valence-electron chi connectivity index (χ1n) is 16.3. The van der Waals surface area contributed by atoms with Gasteiger partial charge in [0.2, 0.25) is 5.91 Å². The summed E-state index contributed by atoms with van der Waals surface area (Å²) in [6, 6.07) is 15.7. The highest BCUT2D eigenvalue weighted by molar-refractivity contribution is 7.11. The largest absolute Gasteiger partial charge is 0.497 e. The molecule has 1 aromatic heterocycles. The highest BCUT2D eigenvalue weighted by Crippen LogP contribution is 2.43. The van der Waals surface area contributed by atoms with Crippen molar-refractivity contribution in [3.63, 3.8) is 0 Å². The van der Waals surface area contributed by atoms with Crippen LogP contribution in [-0.4, -0.2) is 105 Å². The van der Waals surface area contributed by atoms with Crippen LogP contribution in [0.5, 0.6) is 5.75 Å². The molecule has 2 fully saturated rings. The molecule has 9 nitrogen and oxygen atoms in total. The highest BCUT2D eigenvalue weighted by Gasteiger charge is 2.39. The van der Waals surface area contributed by atoms with E-state index in [1.165, 1.54) is 23.3 Å². The summed E-state index contributed by atoms with van der Waals surface area (Å²) in [4.78, 5) is 35.3. The molecule has 3 heterocycles. The third kappa shape index (κ3) is 7.81. The zero-order valence-corrected chi connectivity index (χ0v) is 28.7. The maximum absolute atomic E-state index is 13.3. The number of anilines is 3. The zero-order valence-electron chi connectivity index (χ0n) is 27.9. The molecule has 1 saturated heterocycles. The van der Waals surface area contributed by atoms with E-state index in [0.29, 0.717) is 17.8 Å². The summed E-state index contributed by atoms with van der Waals surface area (Å²) in [6.45, 7) is 6.88. The van der Waals surface area contributed by atoms with Crippen LogP contribution in [0, 0.1) is 6.92 Å². The number of carbonyl (C=O) groups excluding carboxylic acids is 2. The molecule has 1 aliphatic carbocycles. The second-order valence-corrected chi connectivity index (χ2v) is 14.2. The number of likely N-dealkylation sites (N-methyl/N-ethyl adjacent to an activating group) is 2. The lowest BCUT2D eigenvalue weighted by atomic mass is 9.72. The van der Waals surface area contributed by atoms with Gasteiger partial charge in [0.1, 0.15) is 5.75 Å². The Kier molecular flexibility index (Phi) is 11.2. The van der Waals surface area contributed by atoms with E-state index in [-0.39, 0.29) is 17.7 Å². The molecule has 2 N–H and O–H groups in total. The van der Waals surface area contributed by atoms with Gasteiger partial charge >= 0.3 is 0 Å². The SMILES string of the molecule is COc1ccc(C(CN(C)C)C2(O)CCCCC2)cc1.Cc1scc2c1N(C(=O)CN1CCN(C)CC1)c1ccccc1NC2=O. The molecule has 248 valence electrons. The smallest absolute Gasteiger partial charge is 0.258 e. The van der Waals surface area contributed by atoms with Crippen molar-refractivity contribution in [2.24, 2.45) is 0 Å². The zero-order chi connectivity index (χ0) is 32.8. The Bertz CT molecular complexity index is 1480. The molecular formula is C36H49N5O4S. The van der Waals surface area contributed by atoms with Gasteiger partial charge in [-0.1, -0.05) is 43.5 Å². The standard InChI is InChI=1S/C19H22N4O2S.C17H27NO2/c1-13-18-14(12-26-13)19(25)20-15-5-3-4-6-16(15)23(18)17(24)11-22-9-7-21(2)8-10-22;1-18(2)13-16(17(19)11-5-4-6-12-17)14-7-9-15(20-3)10-8-14/h3-6,12H,7-11H2,1-2H3,(H,20,25);7-10,16,19H,4-6,11-13H2,1-3H3. The molecule has 2 aliphatic heterocycles. The van der Waals surface area contributed by atoms with Crippen molar-refractivity contribution < 1.29 is 19.4 Å². The predicted octanol–water partition coefficient (Wildman–Crippen LogP) is 5.57. The van der Waals surface area contributed by atoms with E-state index in [4.69, 9.17) is 4.74 Å². The highest BCUT2D eigenvalue weighted by atomic mass is 32.1. The van der Waals surface area contributed by atoms with Crippen LogP contribution < -0.4 is 15.0 Å². The van der Waals surface area contributed by atoms with Crippen LogP contribution in [0.1, 0.15) is 58.8 Å². The summed E-state index contributed by atoms with van der Waals surface area (Å²) in [6.07, 6.45) is 5.35. The molecule has 10 heteroatoms. The number of benzene rings is 2. The average molecular weight is 648 g/mol. The number of methoxy groups -OCH3 is 1. The van der Waals surface area contributed by atoms with Gasteiger partial charge in [-0.15, -0.1) is 11.3 Å². The van der Waals surface area contributed by atoms with Crippen LogP contribution in [0.3, 0.4) is 0 Å². The van der Waals surface area contributed by atoms with Crippen molar-refractivity contribution in [2.75, 3.05) is 77.7 Å². The van der Waals surface area contributed by atoms with Gasteiger partial charge in [-0.25, -0.2) is 0 Å². The Morgan fingerprint density at radius 3 is 2.37 bits per heavy atom. The molecule has 46 heavy (non-hydrogen) atoms. The van der Waals surface area contributed by atoms with E-state index in [9.17, 15) is 14.7 Å². The molecule has 3 aromatic rings. The van der Waals surface area contributed by atoms with E-state index >= 15 is 0 Å². The van der Waals surface area contributed by atoms with Gasteiger partial charge in [0, 0.05) is 48.9 Å². The number of thiophene rings is 1. The number of hydrogen-bond donors (Lipinski definition) is 2. The molecule has 0 radical (unpaired) electrons. The minimum Gasteiger partial charge on any atom is -0.497 e. The van der Waals surface area contributed by atoms with Crippen molar-refractivity contribution in [1.29, 1.82) is 0 Å². The van der Waals surface area contributed by atoms with Crippen molar-refractivity contribution in [1.82, 2.24) is 14.7 Å². The first kappa shape index (κ1) is 34.1. The molecule has 0 spiro atoms.